The van der Waals surface area contributed by atoms with Crippen LogP contribution in [-0.2, 0) is 9.59 Å². The lowest BCUT2D eigenvalue weighted by Gasteiger charge is -2.34. The van der Waals surface area contributed by atoms with Crippen molar-refractivity contribution < 1.29 is 19.5 Å². The van der Waals surface area contributed by atoms with Crippen molar-refractivity contribution in [1.29, 1.82) is 0 Å². The highest BCUT2D eigenvalue weighted by atomic mass is 16.4. The Morgan fingerprint density at radius 1 is 1.33 bits per heavy atom. The molecule has 0 aromatic heterocycles. The van der Waals surface area contributed by atoms with Crippen molar-refractivity contribution in [1.82, 2.24) is 10.2 Å². The molecule has 0 aliphatic carbocycles. The van der Waals surface area contributed by atoms with Crippen LogP contribution in [0.4, 0.5) is 4.79 Å². The second-order valence-corrected chi connectivity index (χ2v) is 6.06. The lowest BCUT2D eigenvalue weighted by Crippen LogP contribution is -2.49. The van der Waals surface area contributed by atoms with Gasteiger partial charge in [0.25, 0.3) is 0 Å². The number of carbonyl (C=O) groups excluding carboxylic acids is 2. The summed E-state index contributed by atoms with van der Waals surface area (Å²) in [5.41, 5.74) is 6.97. The first-order valence-electron chi connectivity index (χ1n) is 8.04. The molecule has 2 rings (SSSR count). The third-order valence-corrected chi connectivity index (χ3v) is 4.37. The zero-order valence-corrected chi connectivity index (χ0v) is 13.7. The summed E-state index contributed by atoms with van der Waals surface area (Å²) in [6, 6.07) is 5.32. The number of amides is 3. The van der Waals surface area contributed by atoms with E-state index in [2.05, 4.69) is 5.32 Å². The first-order valence-corrected chi connectivity index (χ1v) is 8.04. The summed E-state index contributed by atoms with van der Waals surface area (Å²) in [5, 5.41) is 11.9. The van der Waals surface area contributed by atoms with Crippen molar-refractivity contribution >= 4 is 17.9 Å². The van der Waals surface area contributed by atoms with E-state index in [9.17, 15) is 19.5 Å². The molecule has 4 N–H and O–H groups in total. The maximum atomic E-state index is 12.7. The number of carbonyl (C=O) groups is 3. The van der Waals surface area contributed by atoms with Crippen LogP contribution in [0, 0.1) is 6.92 Å². The van der Waals surface area contributed by atoms with Crippen molar-refractivity contribution in [2.45, 2.75) is 44.7 Å². The summed E-state index contributed by atoms with van der Waals surface area (Å²) in [6.45, 7) is 2.31. The molecule has 2 atom stereocenters. The van der Waals surface area contributed by atoms with E-state index < -0.39 is 24.1 Å². The molecular weight excluding hydrogens is 310 g/mol. The topological polar surface area (TPSA) is 113 Å². The highest BCUT2D eigenvalue weighted by Crippen LogP contribution is 2.24. The van der Waals surface area contributed by atoms with Crippen LogP contribution in [-0.4, -0.2) is 40.5 Å². The number of aliphatic carboxylic acids is 1. The van der Waals surface area contributed by atoms with Crippen LogP contribution in [0.2, 0.25) is 0 Å². The summed E-state index contributed by atoms with van der Waals surface area (Å²) >= 11 is 0. The average molecular weight is 333 g/mol. The summed E-state index contributed by atoms with van der Waals surface area (Å²) in [6.07, 6.45) is 2.02. The molecule has 1 aliphatic heterocycles. The molecule has 0 spiro atoms. The lowest BCUT2D eigenvalue weighted by atomic mass is 9.96. The molecule has 0 saturated carbocycles. The average Bonchev–Trinajstić information content (AvgIpc) is 2.54. The molecule has 1 aromatic carbocycles. The summed E-state index contributed by atoms with van der Waals surface area (Å²) in [5.74, 6) is -1.28. The van der Waals surface area contributed by atoms with E-state index in [4.69, 9.17) is 5.73 Å². The van der Waals surface area contributed by atoms with Crippen LogP contribution in [0.15, 0.2) is 24.3 Å². The fourth-order valence-corrected chi connectivity index (χ4v) is 3.17. The van der Waals surface area contributed by atoms with Gasteiger partial charge in [0.15, 0.2) is 0 Å². The normalized spacial score (nSPS) is 18.7. The van der Waals surface area contributed by atoms with E-state index in [0.29, 0.717) is 13.0 Å². The molecule has 0 bridgehead atoms. The molecule has 3 amide bonds. The van der Waals surface area contributed by atoms with Crippen molar-refractivity contribution in [2.75, 3.05) is 6.54 Å². The van der Waals surface area contributed by atoms with Gasteiger partial charge in [0.1, 0.15) is 6.04 Å². The van der Waals surface area contributed by atoms with Crippen LogP contribution in [0.1, 0.15) is 42.9 Å². The first-order chi connectivity index (χ1) is 11.4. The van der Waals surface area contributed by atoms with E-state index in [0.717, 1.165) is 24.0 Å². The summed E-state index contributed by atoms with van der Waals surface area (Å²) in [7, 11) is 0. The first kappa shape index (κ1) is 17.8. The van der Waals surface area contributed by atoms with E-state index in [1.165, 1.54) is 4.90 Å². The fraction of sp³-hybridized carbons (Fsp3) is 0.471. The fourth-order valence-electron chi connectivity index (χ4n) is 3.17. The SMILES string of the molecule is Cc1ccccc1C(CC(=O)N1CCCCC1C(=O)O)NC(N)=O. The van der Waals surface area contributed by atoms with Gasteiger partial charge in [-0.15, -0.1) is 0 Å². The second kappa shape index (κ2) is 7.81. The van der Waals surface area contributed by atoms with Crippen LogP contribution < -0.4 is 11.1 Å². The largest absolute Gasteiger partial charge is 0.480 e. The molecule has 7 nitrogen and oxygen atoms in total. The minimum Gasteiger partial charge on any atom is -0.480 e. The predicted molar refractivity (Wildman–Crippen MR) is 88.2 cm³/mol. The monoisotopic (exact) mass is 333 g/mol. The molecule has 1 aromatic rings. The van der Waals surface area contributed by atoms with E-state index in [1.54, 1.807) is 0 Å². The maximum absolute atomic E-state index is 12.7. The minimum atomic E-state index is -0.988. The zero-order chi connectivity index (χ0) is 17.7. The Bertz CT molecular complexity index is 632. The minimum absolute atomic E-state index is 0.0163. The number of carboxylic acids is 1. The Morgan fingerprint density at radius 3 is 2.67 bits per heavy atom. The number of nitrogens with two attached hydrogens (primary N) is 1. The quantitative estimate of drug-likeness (QED) is 0.759. The molecule has 1 fully saturated rings. The number of urea groups is 1. The molecule has 24 heavy (non-hydrogen) atoms. The van der Waals surface area contributed by atoms with Gasteiger partial charge in [-0.25, -0.2) is 9.59 Å². The number of hydrogen-bond acceptors (Lipinski definition) is 3. The summed E-state index contributed by atoms with van der Waals surface area (Å²) in [4.78, 5) is 36.8. The molecule has 1 heterocycles. The Hall–Kier alpha value is -2.57. The number of piperidine rings is 1. The molecule has 0 radical (unpaired) electrons. The van der Waals surface area contributed by atoms with Gasteiger partial charge in [0.05, 0.1) is 12.5 Å². The summed E-state index contributed by atoms with van der Waals surface area (Å²) < 4.78 is 0. The van der Waals surface area contributed by atoms with Crippen LogP contribution >= 0.6 is 0 Å². The number of nitrogens with zero attached hydrogens (tertiary/aromatic N) is 1. The highest BCUT2D eigenvalue weighted by Gasteiger charge is 2.33. The predicted octanol–water partition coefficient (Wildman–Crippen LogP) is 1.56. The number of rotatable bonds is 5. The number of likely N-dealkylation sites (tertiary alicyclic amines) is 1. The number of primary amides is 1. The highest BCUT2D eigenvalue weighted by molar-refractivity contribution is 5.85. The van der Waals surface area contributed by atoms with Gasteiger partial charge >= 0.3 is 12.0 Å². The van der Waals surface area contributed by atoms with Gasteiger partial charge in [0, 0.05) is 6.54 Å². The van der Waals surface area contributed by atoms with Crippen LogP contribution in [0.3, 0.4) is 0 Å². The van der Waals surface area contributed by atoms with E-state index in [1.807, 2.05) is 31.2 Å². The van der Waals surface area contributed by atoms with Crippen molar-refractivity contribution in [3.8, 4) is 0 Å². The Balaban J connectivity index is 2.19. The van der Waals surface area contributed by atoms with Gasteiger partial charge in [-0.1, -0.05) is 24.3 Å². The maximum Gasteiger partial charge on any atom is 0.326 e. The molecule has 2 unspecified atom stereocenters. The van der Waals surface area contributed by atoms with Gasteiger partial charge < -0.3 is 21.1 Å². The molecule has 1 aliphatic rings. The van der Waals surface area contributed by atoms with Crippen molar-refractivity contribution in [2.24, 2.45) is 5.73 Å². The molecular formula is C17H23N3O4. The lowest BCUT2D eigenvalue weighted by molar-refractivity contribution is -0.152. The molecule has 1 saturated heterocycles. The van der Waals surface area contributed by atoms with Crippen molar-refractivity contribution in [3.05, 3.63) is 35.4 Å². The van der Waals surface area contributed by atoms with Gasteiger partial charge in [-0.3, -0.25) is 4.79 Å². The number of nitrogens with one attached hydrogen (secondary N) is 1. The third-order valence-electron chi connectivity index (χ3n) is 4.37. The molecule has 130 valence electrons. The van der Waals surface area contributed by atoms with Gasteiger partial charge in [-0.05, 0) is 37.3 Å². The number of aryl methyl sites for hydroxylation is 1. The van der Waals surface area contributed by atoms with E-state index in [-0.39, 0.29) is 12.3 Å². The van der Waals surface area contributed by atoms with Crippen molar-refractivity contribution in [3.63, 3.8) is 0 Å². The third kappa shape index (κ3) is 4.24. The van der Waals surface area contributed by atoms with Crippen LogP contribution in [0.25, 0.3) is 0 Å². The zero-order valence-electron chi connectivity index (χ0n) is 13.7. The van der Waals surface area contributed by atoms with Gasteiger partial charge in [-0.2, -0.15) is 0 Å². The smallest absolute Gasteiger partial charge is 0.326 e. The number of carboxylic acid groups (broad SMARTS) is 1. The van der Waals surface area contributed by atoms with Crippen LogP contribution in [0.5, 0.6) is 0 Å². The van der Waals surface area contributed by atoms with Gasteiger partial charge in [0.2, 0.25) is 5.91 Å². The number of hydrogen-bond donors (Lipinski definition) is 3. The number of benzene rings is 1. The Morgan fingerprint density at radius 2 is 2.04 bits per heavy atom. The van der Waals surface area contributed by atoms with E-state index >= 15 is 0 Å². The Kier molecular flexibility index (Phi) is 5.78. The standard InChI is InChI=1S/C17H23N3O4/c1-11-6-2-3-7-12(11)13(19-17(18)24)10-15(21)20-9-5-4-8-14(20)16(22)23/h2-3,6-7,13-14H,4-5,8-10H2,1H3,(H,22,23)(H3,18,19,24). The second-order valence-electron chi connectivity index (χ2n) is 6.06. The molecule has 7 heteroatoms. The Labute approximate surface area is 140 Å².